The lowest BCUT2D eigenvalue weighted by Gasteiger charge is -2.32. The van der Waals surface area contributed by atoms with Crippen molar-refractivity contribution in [3.05, 3.63) is 11.9 Å². The summed E-state index contributed by atoms with van der Waals surface area (Å²) >= 11 is 0. The first-order valence-electron chi connectivity index (χ1n) is 7.05. The normalized spacial score (nSPS) is 20.3. The van der Waals surface area contributed by atoms with Crippen molar-refractivity contribution in [2.24, 2.45) is 0 Å². The molecule has 2 N–H and O–H groups in total. The van der Waals surface area contributed by atoms with E-state index in [1.807, 2.05) is 0 Å². The first-order valence-corrected chi connectivity index (χ1v) is 7.05. The van der Waals surface area contributed by atoms with Crippen LogP contribution in [0.3, 0.4) is 0 Å². The largest absolute Gasteiger partial charge is 0.451 e. The zero-order chi connectivity index (χ0) is 15.5. The molecule has 1 aromatic heterocycles. The summed E-state index contributed by atoms with van der Waals surface area (Å²) in [6.07, 6.45) is -2.59. The monoisotopic (exact) mass is 303 g/mol. The average molecular weight is 303 g/mol. The van der Waals surface area contributed by atoms with Crippen LogP contribution in [-0.4, -0.2) is 47.6 Å². The van der Waals surface area contributed by atoms with Crippen LogP contribution in [0.2, 0.25) is 0 Å². The van der Waals surface area contributed by atoms with Gasteiger partial charge in [0.1, 0.15) is 11.6 Å². The van der Waals surface area contributed by atoms with E-state index in [2.05, 4.69) is 32.4 Å². The molecule has 2 heterocycles. The Balaban J connectivity index is 2.15. The topological polar surface area (TPSA) is 53.1 Å². The summed E-state index contributed by atoms with van der Waals surface area (Å²) in [4.78, 5) is 9.31. The molecule has 1 atom stereocenters. The van der Waals surface area contributed by atoms with Gasteiger partial charge < -0.3 is 15.5 Å². The fourth-order valence-electron chi connectivity index (χ4n) is 2.45. The van der Waals surface area contributed by atoms with Crippen molar-refractivity contribution in [1.82, 2.24) is 14.9 Å². The second-order valence-corrected chi connectivity index (χ2v) is 5.09. The van der Waals surface area contributed by atoms with Crippen molar-refractivity contribution < 1.29 is 13.2 Å². The summed E-state index contributed by atoms with van der Waals surface area (Å²) in [5, 5.41) is 5.74. The second-order valence-electron chi connectivity index (χ2n) is 5.09. The van der Waals surface area contributed by atoms with Gasteiger partial charge >= 0.3 is 6.18 Å². The molecule has 0 bridgehead atoms. The van der Waals surface area contributed by atoms with Gasteiger partial charge in [-0.2, -0.15) is 13.2 Å². The summed E-state index contributed by atoms with van der Waals surface area (Å²) < 4.78 is 38.4. The van der Waals surface area contributed by atoms with Crippen molar-refractivity contribution >= 4 is 11.6 Å². The minimum absolute atomic E-state index is 0.111. The Morgan fingerprint density at radius 1 is 1.33 bits per heavy atom. The van der Waals surface area contributed by atoms with E-state index >= 15 is 0 Å². The number of hydrogen-bond donors (Lipinski definition) is 2. The van der Waals surface area contributed by atoms with Crippen LogP contribution >= 0.6 is 0 Å². The minimum Gasteiger partial charge on any atom is -0.373 e. The smallest absolute Gasteiger partial charge is 0.373 e. The lowest BCUT2D eigenvalue weighted by atomic mass is 10.1. The highest BCUT2D eigenvalue weighted by atomic mass is 19.4. The molecule has 5 nitrogen and oxygen atoms in total. The summed E-state index contributed by atoms with van der Waals surface area (Å²) in [5.74, 6) is -0.757. The molecule has 1 saturated heterocycles. The van der Waals surface area contributed by atoms with Crippen molar-refractivity contribution in [2.45, 2.75) is 32.0 Å². The maximum Gasteiger partial charge on any atom is 0.451 e. The Kier molecular flexibility index (Phi) is 4.87. The molecule has 0 spiro atoms. The van der Waals surface area contributed by atoms with E-state index in [0.717, 1.165) is 32.5 Å². The quantitative estimate of drug-likeness (QED) is 0.895. The summed E-state index contributed by atoms with van der Waals surface area (Å²) in [7, 11) is 1.53. The predicted octanol–water partition coefficient (Wildman–Crippen LogP) is 2.43. The van der Waals surface area contributed by atoms with E-state index in [4.69, 9.17) is 0 Å². The van der Waals surface area contributed by atoms with Gasteiger partial charge in [-0.25, -0.2) is 9.97 Å². The van der Waals surface area contributed by atoms with Crippen molar-refractivity contribution in [3.63, 3.8) is 0 Å². The van der Waals surface area contributed by atoms with Gasteiger partial charge in [-0.3, -0.25) is 0 Å². The molecule has 1 aliphatic rings. The molecule has 118 valence electrons. The van der Waals surface area contributed by atoms with Gasteiger partial charge in [-0.1, -0.05) is 6.92 Å². The molecule has 1 aromatic rings. The van der Waals surface area contributed by atoms with Crippen LogP contribution in [0.4, 0.5) is 24.8 Å². The van der Waals surface area contributed by atoms with Crippen LogP contribution in [0.5, 0.6) is 0 Å². The van der Waals surface area contributed by atoms with E-state index in [-0.39, 0.29) is 17.7 Å². The fraction of sp³-hybridized carbons (Fsp3) is 0.692. The zero-order valence-corrected chi connectivity index (χ0v) is 12.2. The third kappa shape index (κ3) is 4.20. The number of hydrogen-bond acceptors (Lipinski definition) is 5. The first kappa shape index (κ1) is 15.8. The predicted molar refractivity (Wildman–Crippen MR) is 75.3 cm³/mol. The summed E-state index contributed by atoms with van der Waals surface area (Å²) in [5.41, 5.74) is 0. The maximum absolute atomic E-state index is 12.8. The molecule has 1 aliphatic heterocycles. The number of piperidine rings is 1. The standard InChI is InChI=1S/C13H20F3N5/c1-3-21-6-4-5-9(8-21)18-11-7-10(17-2)19-12(20-11)13(14,15)16/h7,9H,3-6,8H2,1-2H3,(H2,17,18,19,20). The Labute approximate surface area is 122 Å². The van der Waals surface area contributed by atoms with Gasteiger partial charge in [0.05, 0.1) is 0 Å². The van der Waals surface area contributed by atoms with Gasteiger partial charge in [0.15, 0.2) is 0 Å². The van der Waals surface area contributed by atoms with Crippen molar-refractivity contribution in [3.8, 4) is 0 Å². The third-order valence-electron chi connectivity index (χ3n) is 3.54. The number of halogens is 3. The van der Waals surface area contributed by atoms with Gasteiger partial charge in [0, 0.05) is 25.7 Å². The fourth-order valence-corrected chi connectivity index (χ4v) is 2.45. The minimum atomic E-state index is -4.55. The van der Waals surface area contributed by atoms with Crippen molar-refractivity contribution in [1.29, 1.82) is 0 Å². The average Bonchev–Trinajstić information content (AvgIpc) is 2.46. The van der Waals surface area contributed by atoms with Crippen LogP contribution in [0.15, 0.2) is 6.07 Å². The molecule has 2 rings (SSSR count). The first-order chi connectivity index (χ1) is 9.92. The van der Waals surface area contributed by atoms with E-state index in [1.54, 1.807) is 0 Å². The zero-order valence-electron chi connectivity index (χ0n) is 12.2. The van der Waals surface area contributed by atoms with Crippen molar-refractivity contribution in [2.75, 3.05) is 37.3 Å². The molecule has 0 saturated carbocycles. The molecule has 1 unspecified atom stereocenters. The van der Waals surface area contributed by atoms with E-state index in [9.17, 15) is 13.2 Å². The number of nitrogens with zero attached hydrogens (tertiary/aromatic N) is 3. The van der Waals surface area contributed by atoms with E-state index < -0.39 is 12.0 Å². The summed E-state index contributed by atoms with van der Waals surface area (Å²) in [6, 6.07) is 1.61. The molecule has 0 amide bonds. The van der Waals surface area contributed by atoms with Crippen LogP contribution in [0.25, 0.3) is 0 Å². The molecule has 0 aromatic carbocycles. The van der Waals surface area contributed by atoms with Gasteiger partial charge in [0.2, 0.25) is 5.82 Å². The van der Waals surface area contributed by atoms with Crippen LogP contribution in [0.1, 0.15) is 25.6 Å². The number of nitrogens with one attached hydrogen (secondary N) is 2. The molecule has 0 aliphatic carbocycles. The molecular weight excluding hydrogens is 283 g/mol. The van der Waals surface area contributed by atoms with Gasteiger partial charge in [-0.05, 0) is 25.9 Å². The van der Waals surface area contributed by atoms with E-state index in [1.165, 1.54) is 13.1 Å². The number of rotatable bonds is 4. The number of alkyl halides is 3. The third-order valence-corrected chi connectivity index (χ3v) is 3.54. The molecular formula is C13H20F3N5. The lowest BCUT2D eigenvalue weighted by Crippen LogP contribution is -2.42. The lowest BCUT2D eigenvalue weighted by molar-refractivity contribution is -0.144. The summed E-state index contributed by atoms with van der Waals surface area (Å²) in [6.45, 7) is 4.87. The highest BCUT2D eigenvalue weighted by Gasteiger charge is 2.35. The SMILES string of the molecule is CCN1CCCC(Nc2cc(NC)nc(C(F)(F)F)n2)C1. The van der Waals surface area contributed by atoms with Crippen LogP contribution in [0, 0.1) is 0 Å². The molecule has 21 heavy (non-hydrogen) atoms. The number of anilines is 2. The number of likely N-dealkylation sites (N-methyl/N-ethyl adjacent to an activating group) is 1. The number of aromatic nitrogens is 2. The molecule has 8 heteroatoms. The van der Waals surface area contributed by atoms with E-state index in [0.29, 0.717) is 0 Å². The van der Waals surface area contributed by atoms with Crippen LogP contribution in [-0.2, 0) is 6.18 Å². The van der Waals surface area contributed by atoms with Crippen LogP contribution < -0.4 is 10.6 Å². The highest BCUT2D eigenvalue weighted by molar-refractivity contribution is 5.48. The Hall–Kier alpha value is -1.57. The molecule has 0 radical (unpaired) electrons. The molecule has 1 fully saturated rings. The Bertz CT molecular complexity index is 477. The number of likely N-dealkylation sites (tertiary alicyclic amines) is 1. The maximum atomic E-state index is 12.8. The Morgan fingerprint density at radius 2 is 2.05 bits per heavy atom. The Morgan fingerprint density at radius 3 is 2.67 bits per heavy atom. The van der Waals surface area contributed by atoms with Gasteiger partial charge in [-0.15, -0.1) is 0 Å². The van der Waals surface area contributed by atoms with Gasteiger partial charge in [0.25, 0.3) is 0 Å². The second kappa shape index (κ2) is 6.46. The highest BCUT2D eigenvalue weighted by Crippen LogP contribution is 2.28.